The van der Waals surface area contributed by atoms with E-state index in [1.807, 2.05) is 30.3 Å². The highest BCUT2D eigenvalue weighted by atomic mass is 35.5. The van der Waals surface area contributed by atoms with Crippen LogP contribution in [0, 0.1) is 0 Å². The Labute approximate surface area is 170 Å². The van der Waals surface area contributed by atoms with Gasteiger partial charge in [0.05, 0.1) is 30.4 Å². The van der Waals surface area contributed by atoms with E-state index in [1.54, 1.807) is 17.1 Å². The number of nitrogens with one attached hydrogen (secondary N) is 1. The first-order chi connectivity index (χ1) is 14.0. The Morgan fingerprint density at radius 1 is 1.14 bits per heavy atom. The number of anilines is 1. The molecule has 0 spiro atoms. The molecule has 3 aromatic heterocycles. The van der Waals surface area contributed by atoms with Gasteiger partial charge in [-0.05, 0) is 23.6 Å². The lowest BCUT2D eigenvalue weighted by Crippen LogP contribution is -2.29. The van der Waals surface area contributed by atoms with Gasteiger partial charge in [0.2, 0.25) is 5.28 Å². The molecule has 148 valence electrons. The fourth-order valence-electron chi connectivity index (χ4n) is 4.16. The fourth-order valence-corrected chi connectivity index (χ4v) is 4.33. The molecule has 1 aliphatic rings. The first-order valence-electron chi connectivity index (χ1n) is 9.15. The molecule has 29 heavy (non-hydrogen) atoms. The highest BCUT2D eigenvalue weighted by Crippen LogP contribution is 2.44. The Hall–Kier alpha value is -3.01. The SMILES string of the molecule is Nc1nc(Cl)nc2c1ncn2[C@@H]1C[C@@H](c2cn[nH]c2-c2ccccc2)[C@@H](O)[C@H]1O. The van der Waals surface area contributed by atoms with Crippen LogP contribution in [0.25, 0.3) is 22.4 Å². The van der Waals surface area contributed by atoms with Gasteiger partial charge in [0, 0.05) is 11.5 Å². The third-order valence-electron chi connectivity index (χ3n) is 5.56. The second-order valence-corrected chi connectivity index (χ2v) is 7.50. The maximum atomic E-state index is 10.8. The van der Waals surface area contributed by atoms with Gasteiger partial charge in [0.15, 0.2) is 11.5 Å². The molecule has 10 heteroatoms. The number of hydrogen-bond donors (Lipinski definition) is 4. The van der Waals surface area contributed by atoms with Crippen molar-refractivity contribution in [2.45, 2.75) is 30.6 Å². The van der Waals surface area contributed by atoms with Crippen molar-refractivity contribution >= 4 is 28.6 Å². The summed E-state index contributed by atoms with van der Waals surface area (Å²) in [5.41, 5.74) is 9.36. The second kappa shape index (κ2) is 6.80. The summed E-state index contributed by atoms with van der Waals surface area (Å²) in [4.78, 5) is 12.4. The first-order valence-corrected chi connectivity index (χ1v) is 9.52. The van der Waals surface area contributed by atoms with Crippen LogP contribution in [0.1, 0.15) is 23.9 Å². The molecule has 0 unspecified atom stereocenters. The number of nitrogens with two attached hydrogens (primary N) is 1. The van der Waals surface area contributed by atoms with Crippen molar-refractivity contribution in [1.29, 1.82) is 0 Å². The summed E-state index contributed by atoms with van der Waals surface area (Å²) in [6, 6.07) is 9.30. The quantitative estimate of drug-likeness (QED) is 0.377. The van der Waals surface area contributed by atoms with Crippen LogP contribution in [-0.4, -0.2) is 52.1 Å². The van der Waals surface area contributed by atoms with Crippen molar-refractivity contribution in [3.63, 3.8) is 0 Å². The molecule has 1 aliphatic carbocycles. The third kappa shape index (κ3) is 2.86. The summed E-state index contributed by atoms with van der Waals surface area (Å²) in [5, 5.41) is 28.8. The van der Waals surface area contributed by atoms with Crippen LogP contribution in [-0.2, 0) is 0 Å². The number of imidazole rings is 1. The van der Waals surface area contributed by atoms with Crippen molar-refractivity contribution in [2.75, 3.05) is 5.73 Å². The monoisotopic (exact) mass is 411 g/mol. The average molecular weight is 412 g/mol. The lowest BCUT2D eigenvalue weighted by molar-refractivity contribution is 0.0178. The van der Waals surface area contributed by atoms with Gasteiger partial charge < -0.3 is 20.5 Å². The molecule has 0 bridgehead atoms. The van der Waals surface area contributed by atoms with E-state index in [0.29, 0.717) is 17.6 Å². The van der Waals surface area contributed by atoms with Gasteiger partial charge in [-0.15, -0.1) is 0 Å². The van der Waals surface area contributed by atoms with Crippen molar-refractivity contribution in [3.05, 3.63) is 53.7 Å². The molecule has 1 saturated carbocycles. The highest BCUT2D eigenvalue weighted by molar-refractivity contribution is 6.28. The van der Waals surface area contributed by atoms with Gasteiger partial charge in [-0.3, -0.25) is 5.10 Å². The van der Waals surface area contributed by atoms with Gasteiger partial charge in [0.25, 0.3) is 0 Å². The first kappa shape index (κ1) is 18.0. The Morgan fingerprint density at radius 2 is 1.93 bits per heavy atom. The molecule has 4 aromatic rings. The van der Waals surface area contributed by atoms with Crippen molar-refractivity contribution in [2.24, 2.45) is 0 Å². The number of aromatic nitrogens is 6. The molecule has 0 aliphatic heterocycles. The summed E-state index contributed by atoms with van der Waals surface area (Å²) in [7, 11) is 0. The van der Waals surface area contributed by atoms with Crippen molar-refractivity contribution in [3.8, 4) is 11.3 Å². The van der Waals surface area contributed by atoms with E-state index in [-0.39, 0.29) is 17.0 Å². The van der Waals surface area contributed by atoms with Crippen molar-refractivity contribution < 1.29 is 10.2 Å². The van der Waals surface area contributed by atoms with Crippen LogP contribution in [0.15, 0.2) is 42.9 Å². The van der Waals surface area contributed by atoms with Gasteiger partial charge in [-0.1, -0.05) is 30.3 Å². The molecule has 1 fully saturated rings. The van der Waals surface area contributed by atoms with Crippen LogP contribution in [0.2, 0.25) is 5.28 Å². The van der Waals surface area contributed by atoms with Gasteiger partial charge in [0.1, 0.15) is 11.6 Å². The smallest absolute Gasteiger partial charge is 0.226 e. The lowest BCUT2D eigenvalue weighted by atomic mass is 9.93. The largest absolute Gasteiger partial charge is 0.390 e. The Bertz CT molecular complexity index is 1180. The third-order valence-corrected chi connectivity index (χ3v) is 5.73. The number of aromatic amines is 1. The minimum atomic E-state index is -1.02. The predicted octanol–water partition coefficient (Wildman–Crippen LogP) is 1.90. The highest BCUT2D eigenvalue weighted by Gasteiger charge is 2.45. The second-order valence-electron chi connectivity index (χ2n) is 7.16. The topological polar surface area (TPSA) is 139 Å². The summed E-state index contributed by atoms with van der Waals surface area (Å²) in [6.45, 7) is 0. The number of benzene rings is 1. The van der Waals surface area contributed by atoms with E-state index in [9.17, 15) is 10.2 Å². The number of fused-ring (bicyclic) bond motifs is 1. The molecule has 0 radical (unpaired) electrons. The number of H-pyrrole nitrogens is 1. The van der Waals surface area contributed by atoms with Crippen LogP contribution >= 0.6 is 11.6 Å². The van der Waals surface area contributed by atoms with E-state index in [1.165, 1.54) is 0 Å². The fraction of sp³-hybridized carbons (Fsp3) is 0.263. The molecular formula is C19H18ClN7O2. The standard InChI is InChI=1S/C19H18ClN7O2/c20-19-24-17(21)14-18(25-19)27(8-22-14)12-6-10(15(28)16(12)29)11-7-23-26-13(11)9-4-2-1-3-5-9/h1-5,7-8,10,12,15-16,28-29H,6H2,(H,23,26)(H2,21,24,25)/t10-,12+,15+,16-/m0/s1. The van der Waals surface area contributed by atoms with Crippen LogP contribution in [0.4, 0.5) is 5.82 Å². The lowest BCUT2D eigenvalue weighted by Gasteiger charge is -2.18. The van der Waals surface area contributed by atoms with Crippen LogP contribution in [0.5, 0.6) is 0 Å². The van der Waals surface area contributed by atoms with Crippen LogP contribution < -0.4 is 5.73 Å². The van der Waals surface area contributed by atoms with E-state index >= 15 is 0 Å². The maximum absolute atomic E-state index is 10.8. The molecule has 5 rings (SSSR count). The summed E-state index contributed by atoms with van der Waals surface area (Å²) < 4.78 is 1.70. The number of aliphatic hydroxyl groups is 2. The molecule has 4 atom stereocenters. The van der Waals surface area contributed by atoms with E-state index in [4.69, 9.17) is 17.3 Å². The minimum absolute atomic E-state index is 0.00235. The van der Waals surface area contributed by atoms with Crippen LogP contribution in [0.3, 0.4) is 0 Å². The predicted molar refractivity (Wildman–Crippen MR) is 107 cm³/mol. The normalized spacial score (nSPS) is 24.4. The zero-order chi connectivity index (χ0) is 20.1. The summed E-state index contributed by atoms with van der Waals surface area (Å²) in [6.07, 6.45) is 1.71. The summed E-state index contributed by atoms with van der Waals surface area (Å²) in [5.74, 6) is -0.152. The number of hydrogen-bond acceptors (Lipinski definition) is 7. The minimum Gasteiger partial charge on any atom is -0.390 e. The number of nitrogens with zero attached hydrogens (tertiary/aromatic N) is 5. The Morgan fingerprint density at radius 3 is 2.72 bits per heavy atom. The number of nitrogen functional groups attached to an aromatic ring is 1. The maximum Gasteiger partial charge on any atom is 0.226 e. The molecule has 5 N–H and O–H groups in total. The summed E-state index contributed by atoms with van der Waals surface area (Å²) >= 11 is 5.96. The van der Waals surface area contributed by atoms with Gasteiger partial charge >= 0.3 is 0 Å². The number of aliphatic hydroxyl groups excluding tert-OH is 2. The average Bonchev–Trinajstić information content (AvgIpc) is 3.42. The molecule has 1 aromatic carbocycles. The Kier molecular flexibility index (Phi) is 4.23. The number of halogens is 1. The van der Waals surface area contributed by atoms with E-state index < -0.39 is 18.2 Å². The number of rotatable bonds is 3. The zero-order valence-corrected chi connectivity index (χ0v) is 15.9. The molecule has 0 amide bonds. The van der Waals surface area contributed by atoms with E-state index in [2.05, 4.69) is 25.1 Å². The molecule has 3 heterocycles. The zero-order valence-electron chi connectivity index (χ0n) is 15.1. The molecular weight excluding hydrogens is 394 g/mol. The van der Waals surface area contributed by atoms with Crippen molar-refractivity contribution in [1.82, 2.24) is 29.7 Å². The molecule has 0 saturated heterocycles. The Balaban J connectivity index is 1.54. The van der Waals surface area contributed by atoms with Gasteiger partial charge in [-0.2, -0.15) is 15.1 Å². The molecule has 9 nitrogen and oxygen atoms in total. The van der Waals surface area contributed by atoms with Gasteiger partial charge in [-0.25, -0.2) is 4.98 Å². The van der Waals surface area contributed by atoms with E-state index in [0.717, 1.165) is 16.8 Å².